The Kier molecular flexibility index (Phi) is 5.18. The predicted molar refractivity (Wildman–Crippen MR) is 93.9 cm³/mol. The summed E-state index contributed by atoms with van der Waals surface area (Å²) in [4.78, 5) is 31.5. The molecule has 3 rings (SSSR count). The minimum absolute atomic E-state index is 0.0265. The molecular formula is C18H19ClFN3O2. The van der Waals surface area contributed by atoms with Crippen LogP contribution in [0.15, 0.2) is 24.3 Å². The number of aryl methyl sites for hydroxylation is 1. The molecule has 0 N–H and O–H groups in total. The fraction of sp³-hybridized carbons (Fsp3) is 0.389. The maximum absolute atomic E-state index is 13.4. The van der Waals surface area contributed by atoms with E-state index in [0.717, 1.165) is 5.56 Å². The molecule has 1 fully saturated rings. The number of rotatable bonds is 3. The maximum Gasteiger partial charge on any atom is 0.223 e. The molecule has 2 aromatic rings. The molecule has 2 amide bonds. The molecule has 5 nitrogen and oxygen atoms in total. The number of carbonyl (C=O) groups excluding carboxylic acids is 2. The Morgan fingerprint density at radius 1 is 1.16 bits per heavy atom. The van der Waals surface area contributed by atoms with Crippen molar-refractivity contribution in [3.63, 3.8) is 0 Å². The van der Waals surface area contributed by atoms with Gasteiger partial charge in [-0.3, -0.25) is 9.59 Å². The topological polar surface area (TPSA) is 53.5 Å². The highest BCUT2D eigenvalue weighted by molar-refractivity contribution is 6.30. The van der Waals surface area contributed by atoms with Crippen molar-refractivity contribution in [3.05, 3.63) is 40.8 Å². The van der Waals surface area contributed by atoms with E-state index in [1.807, 2.05) is 0 Å². The molecule has 2 heterocycles. The van der Waals surface area contributed by atoms with E-state index in [2.05, 4.69) is 4.98 Å². The Morgan fingerprint density at radius 3 is 2.52 bits per heavy atom. The van der Waals surface area contributed by atoms with E-state index in [-0.39, 0.29) is 17.6 Å². The normalized spacial score (nSPS) is 14.8. The summed E-state index contributed by atoms with van der Waals surface area (Å²) in [5.74, 6) is -0.269. The minimum atomic E-state index is -0.331. The van der Waals surface area contributed by atoms with Gasteiger partial charge in [-0.15, -0.1) is 0 Å². The average Bonchev–Trinajstić information content (AvgIpc) is 2.60. The van der Waals surface area contributed by atoms with Crippen molar-refractivity contribution in [1.82, 2.24) is 14.8 Å². The quantitative estimate of drug-likeness (QED) is 0.788. The van der Waals surface area contributed by atoms with E-state index in [9.17, 15) is 14.0 Å². The van der Waals surface area contributed by atoms with Gasteiger partial charge >= 0.3 is 0 Å². The fourth-order valence-electron chi connectivity index (χ4n) is 3.01. The standard InChI is InChI=1S/C18H19ClFN3O2/c1-12(24)22-6-8-23(9-7-22)17(25)5-2-13-10-14-11-15(20)3-4-16(14)21-18(13)19/h3-4,10-11H,2,5-9H2,1H3. The second-order valence-corrected chi connectivity index (χ2v) is 6.52. The molecule has 0 radical (unpaired) electrons. The van der Waals surface area contributed by atoms with Crippen LogP contribution < -0.4 is 0 Å². The number of aromatic nitrogens is 1. The first-order valence-corrected chi connectivity index (χ1v) is 8.60. The first-order valence-electron chi connectivity index (χ1n) is 8.22. The van der Waals surface area contributed by atoms with Gasteiger partial charge < -0.3 is 9.80 Å². The van der Waals surface area contributed by atoms with Gasteiger partial charge in [-0.2, -0.15) is 0 Å². The van der Waals surface area contributed by atoms with Gasteiger partial charge in [0.15, 0.2) is 0 Å². The van der Waals surface area contributed by atoms with Crippen molar-refractivity contribution < 1.29 is 14.0 Å². The molecule has 7 heteroatoms. The molecule has 1 aliphatic rings. The first-order chi connectivity index (χ1) is 11.9. The summed E-state index contributed by atoms with van der Waals surface area (Å²) < 4.78 is 13.4. The Bertz CT molecular complexity index is 819. The van der Waals surface area contributed by atoms with Crippen LogP contribution in [-0.2, 0) is 16.0 Å². The highest BCUT2D eigenvalue weighted by Gasteiger charge is 2.22. The largest absolute Gasteiger partial charge is 0.339 e. The molecule has 132 valence electrons. The van der Waals surface area contributed by atoms with Crippen molar-refractivity contribution >= 4 is 34.3 Å². The van der Waals surface area contributed by atoms with Crippen LogP contribution >= 0.6 is 11.6 Å². The summed E-state index contributed by atoms with van der Waals surface area (Å²) in [7, 11) is 0. The summed E-state index contributed by atoms with van der Waals surface area (Å²) in [6.45, 7) is 3.77. The molecule has 1 saturated heterocycles. The first kappa shape index (κ1) is 17.6. The lowest BCUT2D eigenvalue weighted by Gasteiger charge is -2.34. The van der Waals surface area contributed by atoms with E-state index >= 15 is 0 Å². The van der Waals surface area contributed by atoms with Crippen molar-refractivity contribution in [2.45, 2.75) is 19.8 Å². The molecule has 0 bridgehead atoms. The van der Waals surface area contributed by atoms with Crippen molar-refractivity contribution in [3.8, 4) is 0 Å². The summed E-state index contributed by atoms with van der Waals surface area (Å²) in [6, 6.07) is 6.12. The average molecular weight is 364 g/mol. The Morgan fingerprint density at radius 2 is 1.84 bits per heavy atom. The summed E-state index contributed by atoms with van der Waals surface area (Å²) in [5.41, 5.74) is 1.36. The molecule has 0 saturated carbocycles. The van der Waals surface area contributed by atoms with Gasteiger partial charge in [0.2, 0.25) is 11.8 Å². The predicted octanol–water partition coefficient (Wildman–Crippen LogP) is 2.65. The van der Waals surface area contributed by atoms with Gasteiger partial charge in [0.1, 0.15) is 11.0 Å². The van der Waals surface area contributed by atoms with E-state index in [0.29, 0.717) is 55.1 Å². The van der Waals surface area contributed by atoms with Gasteiger partial charge in [0.05, 0.1) is 5.52 Å². The van der Waals surface area contributed by atoms with Crippen LogP contribution in [0.4, 0.5) is 4.39 Å². The molecule has 25 heavy (non-hydrogen) atoms. The van der Waals surface area contributed by atoms with Crippen LogP contribution in [0.5, 0.6) is 0 Å². The molecule has 0 unspecified atom stereocenters. The second kappa shape index (κ2) is 7.35. The van der Waals surface area contributed by atoms with Crippen LogP contribution in [0.2, 0.25) is 5.15 Å². The summed E-state index contributed by atoms with van der Waals surface area (Å²) >= 11 is 6.19. The lowest BCUT2D eigenvalue weighted by molar-refractivity contribution is -0.138. The fourth-order valence-corrected chi connectivity index (χ4v) is 3.25. The number of amides is 2. The number of halogens is 2. The van der Waals surface area contributed by atoms with Crippen molar-refractivity contribution in [1.29, 1.82) is 0 Å². The van der Waals surface area contributed by atoms with Crippen LogP contribution in [0.25, 0.3) is 10.9 Å². The Labute approximate surface area is 150 Å². The maximum atomic E-state index is 13.4. The lowest BCUT2D eigenvalue weighted by Crippen LogP contribution is -2.50. The Hall–Kier alpha value is -2.21. The Balaban J connectivity index is 1.63. The highest BCUT2D eigenvalue weighted by Crippen LogP contribution is 2.23. The third-order valence-electron chi connectivity index (χ3n) is 4.49. The van der Waals surface area contributed by atoms with Gasteiger partial charge in [0, 0.05) is 44.9 Å². The lowest BCUT2D eigenvalue weighted by atomic mass is 10.1. The zero-order valence-electron chi connectivity index (χ0n) is 14.0. The second-order valence-electron chi connectivity index (χ2n) is 6.16. The third kappa shape index (κ3) is 4.07. The number of nitrogens with zero attached hydrogens (tertiary/aromatic N) is 3. The molecule has 1 aromatic carbocycles. The molecule has 0 atom stereocenters. The van der Waals surface area contributed by atoms with E-state index in [1.54, 1.807) is 21.9 Å². The van der Waals surface area contributed by atoms with E-state index in [1.165, 1.54) is 19.1 Å². The monoisotopic (exact) mass is 363 g/mol. The number of pyridine rings is 1. The van der Waals surface area contributed by atoms with Crippen LogP contribution in [0.3, 0.4) is 0 Å². The highest BCUT2D eigenvalue weighted by atomic mass is 35.5. The molecule has 1 aliphatic heterocycles. The van der Waals surface area contributed by atoms with Crippen LogP contribution in [0.1, 0.15) is 18.9 Å². The van der Waals surface area contributed by atoms with E-state index in [4.69, 9.17) is 11.6 Å². The van der Waals surface area contributed by atoms with E-state index < -0.39 is 0 Å². The number of carbonyl (C=O) groups is 2. The number of benzene rings is 1. The summed E-state index contributed by atoms with van der Waals surface area (Å²) in [5, 5.41) is 1.01. The van der Waals surface area contributed by atoms with Gasteiger partial charge in [-0.25, -0.2) is 9.37 Å². The number of fused-ring (bicyclic) bond motifs is 1. The molecule has 0 spiro atoms. The van der Waals surface area contributed by atoms with Crippen molar-refractivity contribution in [2.24, 2.45) is 0 Å². The molecule has 0 aliphatic carbocycles. The smallest absolute Gasteiger partial charge is 0.223 e. The molecule has 1 aromatic heterocycles. The van der Waals surface area contributed by atoms with Gasteiger partial charge in [-0.05, 0) is 36.2 Å². The number of hydrogen-bond acceptors (Lipinski definition) is 3. The van der Waals surface area contributed by atoms with Crippen molar-refractivity contribution in [2.75, 3.05) is 26.2 Å². The van der Waals surface area contributed by atoms with Crippen LogP contribution in [-0.4, -0.2) is 52.8 Å². The SMILES string of the molecule is CC(=O)N1CCN(C(=O)CCc2cc3cc(F)ccc3nc2Cl)CC1. The van der Waals surface area contributed by atoms with Gasteiger partial charge in [-0.1, -0.05) is 11.6 Å². The number of hydrogen-bond donors (Lipinski definition) is 0. The summed E-state index contributed by atoms with van der Waals surface area (Å²) in [6.07, 6.45) is 0.756. The number of piperazine rings is 1. The zero-order valence-corrected chi connectivity index (χ0v) is 14.7. The molecular weight excluding hydrogens is 345 g/mol. The van der Waals surface area contributed by atoms with Crippen LogP contribution in [0, 0.1) is 5.82 Å². The van der Waals surface area contributed by atoms with Gasteiger partial charge in [0.25, 0.3) is 0 Å². The third-order valence-corrected chi connectivity index (χ3v) is 4.82. The zero-order chi connectivity index (χ0) is 18.0. The minimum Gasteiger partial charge on any atom is -0.339 e.